The average molecular weight is 307 g/mol. The minimum absolute atomic E-state index is 0.125. The van der Waals surface area contributed by atoms with Crippen molar-refractivity contribution in [3.63, 3.8) is 0 Å². The smallest absolute Gasteiger partial charge is 0.164 e. The number of para-hydroxylation sites is 1. The molecule has 4 rings (SSSR count). The highest BCUT2D eigenvalue weighted by molar-refractivity contribution is 5.79. The fourth-order valence-electron chi connectivity index (χ4n) is 3.10. The van der Waals surface area contributed by atoms with E-state index >= 15 is 0 Å². The summed E-state index contributed by atoms with van der Waals surface area (Å²) in [6, 6.07) is 13.2. The molecule has 0 radical (unpaired) electrons. The predicted molar refractivity (Wildman–Crippen MR) is 88.7 cm³/mol. The molecule has 2 aromatic carbocycles. The maximum atomic E-state index is 10.2. The minimum Gasteiger partial charge on any atom is -0.504 e. The number of fused-ring (bicyclic) bond motifs is 3. The van der Waals surface area contributed by atoms with Crippen LogP contribution in [0.25, 0.3) is 11.3 Å². The minimum atomic E-state index is -0.374. The van der Waals surface area contributed by atoms with E-state index in [0.717, 1.165) is 22.6 Å². The Hall–Kier alpha value is -2.95. The summed E-state index contributed by atoms with van der Waals surface area (Å²) in [6.45, 7) is 4.00. The number of aryl methyl sites for hydroxylation is 2. The van der Waals surface area contributed by atoms with Crippen LogP contribution in [0.4, 0.5) is 5.69 Å². The Kier molecular flexibility index (Phi) is 2.84. The quantitative estimate of drug-likeness (QED) is 0.601. The van der Waals surface area contributed by atoms with Crippen LogP contribution < -0.4 is 5.32 Å². The van der Waals surface area contributed by atoms with E-state index in [1.807, 2.05) is 29.8 Å². The molecule has 23 heavy (non-hydrogen) atoms. The maximum Gasteiger partial charge on any atom is 0.164 e. The molecule has 3 N–H and O–H groups in total. The van der Waals surface area contributed by atoms with Gasteiger partial charge in [-0.05, 0) is 38.1 Å². The third-order valence-electron chi connectivity index (χ3n) is 4.19. The Morgan fingerprint density at radius 2 is 1.91 bits per heavy atom. The number of hydrogen-bond acceptors (Lipinski definition) is 4. The summed E-state index contributed by atoms with van der Waals surface area (Å²) < 4.78 is 1.85. The van der Waals surface area contributed by atoms with Gasteiger partial charge in [-0.3, -0.25) is 0 Å². The summed E-state index contributed by atoms with van der Waals surface area (Å²) in [5, 5.41) is 28.0. The molecule has 1 atom stereocenters. The number of phenols is 2. The zero-order chi connectivity index (χ0) is 16.1. The Labute approximate surface area is 133 Å². The second-order valence-corrected chi connectivity index (χ2v) is 5.93. The first-order valence-electron chi connectivity index (χ1n) is 7.49. The lowest BCUT2D eigenvalue weighted by atomic mass is 10.0. The van der Waals surface area contributed by atoms with Gasteiger partial charge in [-0.15, -0.1) is 0 Å². The normalized spacial score (nSPS) is 15.7. The lowest BCUT2D eigenvalue weighted by Gasteiger charge is -2.30. The average Bonchev–Trinajstić information content (AvgIpc) is 2.91. The molecule has 1 aromatic heterocycles. The zero-order valence-corrected chi connectivity index (χ0v) is 12.9. The second-order valence-electron chi connectivity index (χ2n) is 5.93. The molecule has 0 saturated heterocycles. The molecular formula is C18H17N3O2. The molecule has 1 aliphatic rings. The molecule has 5 heteroatoms. The summed E-state index contributed by atoms with van der Waals surface area (Å²) in [5.41, 5.74) is 5.72. The monoisotopic (exact) mass is 307 g/mol. The third-order valence-corrected chi connectivity index (χ3v) is 4.19. The van der Waals surface area contributed by atoms with Crippen molar-refractivity contribution in [3.8, 4) is 22.8 Å². The van der Waals surface area contributed by atoms with Crippen LogP contribution in [-0.4, -0.2) is 20.0 Å². The van der Waals surface area contributed by atoms with Crippen molar-refractivity contribution in [1.29, 1.82) is 0 Å². The van der Waals surface area contributed by atoms with Gasteiger partial charge in [0.1, 0.15) is 0 Å². The number of rotatable bonds is 1. The molecule has 5 nitrogen and oxygen atoms in total. The molecule has 0 amide bonds. The van der Waals surface area contributed by atoms with Gasteiger partial charge in [0.25, 0.3) is 0 Å². The van der Waals surface area contributed by atoms with Crippen molar-refractivity contribution in [2.75, 3.05) is 5.32 Å². The van der Waals surface area contributed by atoms with E-state index in [1.165, 1.54) is 11.6 Å². The summed E-state index contributed by atoms with van der Waals surface area (Å²) >= 11 is 0. The van der Waals surface area contributed by atoms with Gasteiger partial charge in [0, 0.05) is 16.8 Å². The van der Waals surface area contributed by atoms with Gasteiger partial charge in [0.2, 0.25) is 0 Å². The predicted octanol–water partition coefficient (Wildman–Crippen LogP) is 3.55. The van der Waals surface area contributed by atoms with E-state index in [9.17, 15) is 10.2 Å². The molecule has 0 unspecified atom stereocenters. The van der Waals surface area contributed by atoms with Crippen molar-refractivity contribution >= 4 is 5.69 Å². The van der Waals surface area contributed by atoms with Gasteiger partial charge < -0.3 is 15.5 Å². The number of benzene rings is 2. The largest absolute Gasteiger partial charge is 0.504 e. The molecule has 2 heterocycles. The van der Waals surface area contributed by atoms with Gasteiger partial charge in [0.05, 0.1) is 11.4 Å². The van der Waals surface area contributed by atoms with E-state index in [1.54, 1.807) is 12.1 Å². The van der Waals surface area contributed by atoms with Gasteiger partial charge >= 0.3 is 0 Å². The molecule has 3 aromatic rings. The molecule has 0 aliphatic carbocycles. The number of hydrogen-bond donors (Lipinski definition) is 3. The van der Waals surface area contributed by atoms with Crippen LogP contribution in [0.5, 0.6) is 11.5 Å². The van der Waals surface area contributed by atoms with E-state index in [-0.39, 0.29) is 17.7 Å². The van der Waals surface area contributed by atoms with Crippen LogP contribution in [-0.2, 0) is 0 Å². The Bertz CT molecular complexity index is 915. The second kappa shape index (κ2) is 4.78. The van der Waals surface area contributed by atoms with Gasteiger partial charge in [0.15, 0.2) is 17.7 Å². The van der Waals surface area contributed by atoms with Crippen LogP contribution >= 0.6 is 0 Å². The molecule has 116 valence electrons. The first-order valence-corrected chi connectivity index (χ1v) is 7.49. The molecule has 0 bridgehead atoms. The first kappa shape index (κ1) is 13.7. The Balaban J connectivity index is 1.94. The first-order chi connectivity index (χ1) is 11.0. The van der Waals surface area contributed by atoms with Crippen LogP contribution in [0.15, 0.2) is 42.5 Å². The van der Waals surface area contributed by atoms with E-state index in [4.69, 9.17) is 0 Å². The zero-order valence-electron chi connectivity index (χ0n) is 12.9. The van der Waals surface area contributed by atoms with Gasteiger partial charge in [-0.25, -0.2) is 4.68 Å². The van der Waals surface area contributed by atoms with E-state index in [2.05, 4.69) is 23.4 Å². The van der Waals surface area contributed by atoms with Crippen molar-refractivity contribution in [2.24, 2.45) is 0 Å². The maximum absolute atomic E-state index is 10.2. The van der Waals surface area contributed by atoms with Crippen molar-refractivity contribution in [1.82, 2.24) is 9.78 Å². The highest BCUT2D eigenvalue weighted by Crippen LogP contribution is 2.42. The van der Waals surface area contributed by atoms with Crippen LogP contribution in [0.3, 0.4) is 0 Å². The van der Waals surface area contributed by atoms with Crippen LogP contribution in [0, 0.1) is 13.8 Å². The standard InChI is InChI=1S/C18H17N3O2/c1-10-6-7-14-13(8-10)15-9-11(2)20-21(15)18(19-14)12-4-3-5-16(22)17(12)23/h3-9,18-19,22-23H,1-2H3/t18-/m1/s1. The Morgan fingerprint density at radius 3 is 2.74 bits per heavy atom. The van der Waals surface area contributed by atoms with Crippen molar-refractivity contribution < 1.29 is 10.2 Å². The number of phenolic OH excluding ortho intramolecular Hbond substituents is 2. The number of anilines is 1. The third kappa shape index (κ3) is 2.04. The molecular weight excluding hydrogens is 290 g/mol. The van der Waals surface area contributed by atoms with E-state index < -0.39 is 0 Å². The highest BCUT2D eigenvalue weighted by atomic mass is 16.3. The summed E-state index contributed by atoms with van der Waals surface area (Å²) in [4.78, 5) is 0. The summed E-state index contributed by atoms with van der Waals surface area (Å²) in [5.74, 6) is -0.260. The highest BCUT2D eigenvalue weighted by Gasteiger charge is 2.28. The fourth-order valence-corrected chi connectivity index (χ4v) is 3.10. The van der Waals surface area contributed by atoms with Crippen LogP contribution in [0.2, 0.25) is 0 Å². The number of nitrogens with zero attached hydrogens (tertiary/aromatic N) is 2. The molecule has 0 fully saturated rings. The van der Waals surface area contributed by atoms with Crippen molar-refractivity contribution in [3.05, 3.63) is 59.3 Å². The van der Waals surface area contributed by atoms with Crippen molar-refractivity contribution in [2.45, 2.75) is 20.0 Å². The molecule has 1 aliphatic heterocycles. The lowest BCUT2D eigenvalue weighted by Crippen LogP contribution is -2.25. The summed E-state index contributed by atoms with van der Waals surface area (Å²) in [6.07, 6.45) is -0.374. The number of nitrogens with one attached hydrogen (secondary N) is 1. The number of aromatic hydroxyl groups is 2. The fraction of sp³-hybridized carbons (Fsp3) is 0.167. The van der Waals surface area contributed by atoms with E-state index in [0.29, 0.717) is 5.56 Å². The van der Waals surface area contributed by atoms with Crippen LogP contribution in [0.1, 0.15) is 23.0 Å². The SMILES string of the molecule is Cc1ccc2c(c1)-c1cc(C)nn1[C@H](c1cccc(O)c1O)N2. The Morgan fingerprint density at radius 1 is 1.09 bits per heavy atom. The number of aromatic nitrogens is 2. The molecule has 0 spiro atoms. The topological polar surface area (TPSA) is 70.3 Å². The van der Waals surface area contributed by atoms with Gasteiger partial charge in [-0.2, -0.15) is 5.10 Å². The lowest BCUT2D eigenvalue weighted by molar-refractivity contribution is 0.392. The summed E-state index contributed by atoms with van der Waals surface area (Å²) in [7, 11) is 0. The van der Waals surface area contributed by atoms with Gasteiger partial charge in [-0.1, -0.05) is 23.8 Å². The molecule has 0 saturated carbocycles.